The standard InChI is InChI=1S/C21H27N3O6S2/c1-21(2,3)16-7-9-17(10-8-16)31(27,28)22-12-4-5-15-6-11-18(19(25)13-15)24-14-20(26)23-32(24,29)30/h6-11,13,22,25H,4-5,12,14H2,1-3H3,(H,23,26). The molecule has 0 radical (unpaired) electrons. The lowest BCUT2D eigenvalue weighted by Gasteiger charge is -2.19. The Labute approximate surface area is 188 Å². The second-order valence-corrected chi connectivity index (χ2v) is 12.0. The Morgan fingerprint density at radius 1 is 1.12 bits per heavy atom. The first-order valence-electron chi connectivity index (χ1n) is 10.0. The lowest BCUT2D eigenvalue weighted by Crippen LogP contribution is -2.29. The van der Waals surface area contributed by atoms with Crippen LogP contribution in [0.25, 0.3) is 0 Å². The summed E-state index contributed by atoms with van der Waals surface area (Å²) in [6, 6.07) is 11.3. The van der Waals surface area contributed by atoms with Crippen LogP contribution in [-0.4, -0.2) is 40.9 Å². The lowest BCUT2D eigenvalue weighted by atomic mass is 9.87. The SMILES string of the molecule is CC(C)(C)c1ccc(S(=O)(=O)NCCCc2ccc(N3CC(=O)NS3(=O)=O)c(O)c2)cc1. The maximum Gasteiger partial charge on any atom is 0.326 e. The van der Waals surface area contributed by atoms with Crippen molar-refractivity contribution in [1.82, 2.24) is 9.44 Å². The number of benzene rings is 2. The second-order valence-electron chi connectivity index (χ2n) is 8.64. The van der Waals surface area contributed by atoms with Crippen molar-refractivity contribution < 1.29 is 26.7 Å². The molecule has 11 heteroatoms. The summed E-state index contributed by atoms with van der Waals surface area (Å²) in [6.07, 6.45) is 0.934. The van der Waals surface area contributed by atoms with Crippen molar-refractivity contribution in [2.45, 2.75) is 43.9 Å². The van der Waals surface area contributed by atoms with E-state index in [0.29, 0.717) is 18.4 Å². The highest BCUT2D eigenvalue weighted by atomic mass is 32.2. The third-order valence-electron chi connectivity index (χ3n) is 5.09. The first-order valence-corrected chi connectivity index (χ1v) is 13.0. The fourth-order valence-electron chi connectivity index (χ4n) is 3.31. The molecule has 0 aliphatic carbocycles. The van der Waals surface area contributed by atoms with Crippen LogP contribution < -0.4 is 13.7 Å². The smallest absolute Gasteiger partial charge is 0.326 e. The Hall–Kier alpha value is -2.63. The van der Waals surface area contributed by atoms with E-state index in [4.69, 9.17) is 0 Å². The van der Waals surface area contributed by atoms with Crippen LogP contribution in [0.4, 0.5) is 5.69 Å². The van der Waals surface area contributed by atoms with E-state index in [1.165, 1.54) is 12.1 Å². The van der Waals surface area contributed by atoms with Gasteiger partial charge in [0.2, 0.25) is 10.0 Å². The number of aromatic hydroxyl groups is 1. The molecule has 1 heterocycles. The highest BCUT2D eigenvalue weighted by molar-refractivity contribution is 7.92. The Kier molecular flexibility index (Phi) is 6.55. The summed E-state index contributed by atoms with van der Waals surface area (Å²) in [5.41, 5.74) is 1.69. The summed E-state index contributed by atoms with van der Waals surface area (Å²) in [6.45, 7) is 5.97. The van der Waals surface area contributed by atoms with Gasteiger partial charge in [-0.2, -0.15) is 8.42 Å². The van der Waals surface area contributed by atoms with Crippen LogP contribution in [0.15, 0.2) is 47.4 Å². The minimum absolute atomic E-state index is 0.00602. The molecular formula is C21H27N3O6S2. The number of anilines is 1. The molecule has 1 fully saturated rings. The van der Waals surface area contributed by atoms with E-state index in [-0.39, 0.29) is 28.3 Å². The minimum atomic E-state index is -4.00. The molecule has 9 nitrogen and oxygen atoms in total. The second kappa shape index (κ2) is 8.72. The van der Waals surface area contributed by atoms with Crippen molar-refractivity contribution in [2.75, 3.05) is 17.4 Å². The Morgan fingerprint density at radius 2 is 1.78 bits per heavy atom. The summed E-state index contributed by atoms with van der Waals surface area (Å²) in [7, 11) is -7.64. The quantitative estimate of drug-likeness (QED) is 0.517. The number of rotatable bonds is 7. The van der Waals surface area contributed by atoms with Crippen molar-refractivity contribution in [3.05, 3.63) is 53.6 Å². The van der Waals surface area contributed by atoms with E-state index in [0.717, 1.165) is 9.87 Å². The van der Waals surface area contributed by atoms with Crippen LogP contribution in [-0.2, 0) is 36.9 Å². The number of phenolic OH excluding ortho intramolecular Hbond substituents is 1. The maximum atomic E-state index is 12.5. The zero-order valence-corrected chi connectivity index (χ0v) is 19.8. The number of carbonyl (C=O) groups excluding carboxylic acids is 1. The highest BCUT2D eigenvalue weighted by Crippen LogP contribution is 2.31. The molecule has 1 aliphatic heterocycles. The zero-order chi connectivity index (χ0) is 23.7. The molecule has 0 spiro atoms. The third kappa shape index (κ3) is 5.40. The van der Waals surface area contributed by atoms with Gasteiger partial charge in [0, 0.05) is 6.54 Å². The molecule has 0 atom stereocenters. The fourth-order valence-corrected chi connectivity index (χ4v) is 5.55. The molecule has 0 bridgehead atoms. The summed E-state index contributed by atoms with van der Waals surface area (Å²) in [5, 5.41) is 10.2. The minimum Gasteiger partial charge on any atom is -0.506 e. The van der Waals surface area contributed by atoms with E-state index in [1.807, 2.05) is 16.9 Å². The predicted molar refractivity (Wildman–Crippen MR) is 121 cm³/mol. The average molecular weight is 482 g/mol. The molecule has 3 N–H and O–H groups in total. The molecule has 174 valence electrons. The van der Waals surface area contributed by atoms with Gasteiger partial charge in [0.05, 0.1) is 10.6 Å². The number of nitrogens with one attached hydrogen (secondary N) is 2. The van der Waals surface area contributed by atoms with E-state index in [9.17, 15) is 26.7 Å². The average Bonchev–Trinajstić information content (AvgIpc) is 2.96. The van der Waals surface area contributed by atoms with Gasteiger partial charge in [-0.15, -0.1) is 0 Å². The molecule has 1 amide bonds. The van der Waals surface area contributed by atoms with E-state index in [2.05, 4.69) is 25.5 Å². The molecular weight excluding hydrogens is 454 g/mol. The summed E-state index contributed by atoms with van der Waals surface area (Å²) in [5.74, 6) is -0.948. The summed E-state index contributed by atoms with van der Waals surface area (Å²) >= 11 is 0. The first-order chi connectivity index (χ1) is 14.8. The Balaban J connectivity index is 1.57. The largest absolute Gasteiger partial charge is 0.506 e. The number of carbonyl (C=O) groups is 1. The number of phenols is 1. The van der Waals surface area contributed by atoms with Crippen LogP contribution in [0.3, 0.4) is 0 Å². The molecule has 2 aromatic carbocycles. The van der Waals surface area contributed by atoms with Crippen LogP contribution in [0, 0.1) is 0 Å². The van der Waals surface area contributed by atoms with Gasteiger partial charge < -0.3 is 5.11 Å². The van der Waals surface area contributed by atoms with E-state index >= 15 is 0 Å². The van der Waals surface area contributed by atoms with Crippen molar-refractivity contribution >= 4 is 31.8 Å². The number of hydrogen-bond donors (Lipinski definition) is 3. The van der Waals surface area contributed by atoms with Crippen molar-refractivity contribution in [2.24, 2.45) is 0 Å². The van der Waals surface area contributed by atoms with E-state index < -0.39 is 32.7 Å². The number of aryl methyl sites for hydroxylation is 1. The molecule has 0 saturated carbocycles. The molecule has 0 aromatic heterocycles. The number of hydrogen-bond acceptors (Lipinski definition) is 6. The Bertz CT molecular complexity index is 1220. The van der Waals surface area contributed by atoms with Crippen molar-refractivity contribution in [3.8, 4) is 5.75 Å². The Morgan fingerprint density at radius 3 is 2.31 bits per heavy atom. The zero-order valence-electron chi connectivity index (χ0n) is 18.1. The van der Waals surface area contributed by atoms with E-state index in [1.54, 1.807) is 18.2 Å². The van der Waals surface area contributed by atoms with Gasteiger partial charge in [-0.1, -0.05) is 39.0 Å². The van der Waals surface area contributed by atoms with Gasteiger partial charge in [-0.25, -0.2) is 22.2 Å². The van der Waals surface area contributed by atoms with Gasteiger partial charge >= 0.3 is 10.2 Å². The van der Waals surface area contributed by atoms with Crippen LogP contribution in [0.5, 0.6) is 5.75 Å². The predicted octanol–water partition coefficient (Wildman–Crippen LogP) is 1.78. The lowest BCUT2D eigenvalue weighted by molar-refractivity contribution is -0.117. The first kappa shape index (κ1) is 24.0. The van der Waals surface area contributed by atoms with Gasteiger partial charge in [0.15, 0.2) is 0 Å². The van der Waals surface area contributed by atoms with Gasteiger partial charge in [0.25, 0.3) is 5.91 Å². The third-order valence-corrected chi connectivity index (χ3v) is 7.96. The topological polar surface area (TPSA) is 133 Å². The number of amides is 1. The molecule has 1 saturated heterocycles. The van der Waals surface area contributed by atoms with Crippen molar-refractivity contribution in [3.63, 3.8) is 0 Å². The van der Waals surface area contributed by atoms with Crippen molar-refractivity contribution in [1.29, 1.82) is 0 Å². The highest BCUT2D eigenvalue weighted by Gasteiger charge is 2.35. The van der Waals surface area contributed by atoms with Gasteiger partial charge in [0.1, 0.15) is 12.3 Å². The number of sulfonamides is 1. The van der Waals surface area contributed by atoms with Gasteiger partial charge in [-0.05, 0) is 53.6 Å². The maximum absolute atomic E-state index is 12.5. The molecule has 2 aromatic rings. The monoisotopic (exact) mass is 481 g/mol. The number of nitrogens with zero attached hydrogens (tertiary/aromatic N) is 1. The molecule has 1 aliphatic rings. The normalized spacial score (nSPS) is 16.2. The molecule has 3 rings (SSSR count). The van der Waals surface area contributed by atoms with Crippen LogP contribution in [0.1, 0.15) is 38.3 Å². The molecule has 32 heavy (non-hydrogen) atoms. The van der Waals surface area contributed by atoms with Gasteiger partial charge in [-0.3, -0.25) is 4.79 Å². The summed E-state index contributed by atoms with van der Waals surface area (Å²) in [4.78, 5) is 11.6. The summed E-state index contributed by atoms with van der Waals surface area (Å²) < 4.78 is 54.0. The fraction of sp³-hybridized carbons (Fsp3) is 0.381. The molecule has 0 unspecified atom stereocenters. The van der Waals surface area contributed by atoms with Crippen LogP contribution in [0.2, 0.25) is 0 Å². The van der Waals surface area contributed by atoms with Crippen LogP contribution >= 0.6 is 0 Å².